The molecule has 0 aromatic heterocycles. The number of hydrogen-bond donors (Lipinski definition) is 0. The van der Waals surface area contributed by atoms with Crippen LogP contribution in [0.5, 0.6) is 0 Å². The zero-order chi connectivity index (χ0) is 16.9. The van der Waals surface area contributed by atoms with Gasteiger partial charge in [-0.1, -0.05) is 0 Å². The lowest BCUT2D eigenvalue weighted by molar-refractivity contribution is -0.119. The monoisotopic (exact) mass is 367 g/mol. The van der Waals surface area contributed by atoms with Crippen molar-refractivity contribution in [2.24, 2.45) is 0 Å². The van der Waals surface area contributed by atoms with E-state index in [2.05, 4.69) is 0 Å². The predicted octanol–water partition coefficient (Wildman–Crippen LogP) is 0.00590. The van der Waals surface area contributed by atoms with Gasteiger partial charge in [0.1, 0.15) is 0 Å². The van der Waals surface area contributed by atoms with Crippen molar-refractivity contribution in [2.75, 3.05) is 36.2 Å². The largest absolute Gasteiger partial charge is 0.377 e. The third-order valence-corrected chi connectivity index (χ3v) is 7.91. The van der Waals surface area contributed by atoms with E-state index < -0.39 is 19.7 Å². The normalized spacial score (nSPS) is 28.7. The molecule has 0 N–H and O–H groups in total. The van der Waals surface area contributed by atoms with Gasteiger partial charge in [-0.15, -0.1) is 0 Å². The van der Waals surface area contributed by atoms with Crippen LogP contribution in [0.25, 0.3) is 0 Å². The molecule has 0 aromatic carbocycles. The van der Waals surface area contributed by atoms with E-state index in [1.54, 1.807) is 4.90 Å². The Morgan fingerprint density at radius 3 is 2.22 bits per heavy atom. The van der Waals surface area contributed by atoms with Crippen LogP contribution >= 0.6 is 0 Å². The highest BCUT2D eigenvalue weighted by Crippen LogP contribution is 2.18. The standard InChI is InChI=1S/C14H25NO6S2/c16-12-15(13-4-8-22(17,18)10-13)6-2-1-3-7-21-14-5-9-23(19,20)11-14/h12-14H,1-11H2/t13-,14+/m1/s1. The first-order chi connectivity index (χ1) is 10.8. The Hall–Kier alpha value is -0.670. The Morgan fingerprint density at radius 1 is 0.957 bits per heavy atom. The second-order valence-electron chi connectivity index (χ2n) is 6.36. The fourth-order valence-corrected chi connectivity index (χ4v) is 6.43. The van der Waals surface area contributed by atoms with Crippen molar-refractivity contribution in [3.8, 4) is 0 Å². The molecule has 2 aliphatic heterocycles. The summed E-state index contributed by atoms with van der Waals surface area (Å²) in [5, 5.41) is 0. The summed E-state index contributed by atoms with van der Waals surface area (Å²) in [5.41, 5.74) is 0. The molecule has 0 aliphatic carbocycles. The molecule has 7 nitrogen and oxygen atoms in total. The van der Waals surface area contributed by atoms with Crippen LogP contribution in [-0.4, -0.2) is 76.5 Å². The third-order valence-electron chi connectivity index (χ3n) is 4.42. The molecule has 0 bridgehead atoms. The molecule has 0 radical (unpaired) electrons. The topological polar surface area (TPSA) is 97.8 Å². The lowest BCUT2D eigenvalue weighted by Gasteiger charge is -2.23. The van der Waals surface area contributed by atoms with Gasteiger partial charge >= 0.3 is 0 Å². The summed E-state index contributed by atoms with van der Waals surface area (Å²) in [4.78, 5) is 12.7. The molecule has 2 saturated heterocycles. The van der Waals surface area contributed by atoms with Gasteiger partial charge in [0.05, 0.1) is 29.1 Å². The van der Waals surface area contributed by atoms with Crippen molar-refractivity contribution in [1.82, 2.24) is 4.90 Å². The van der Waals surface area contributed by atoms with Crippen molar-refractivity contribution >= 4 is 26.1 Å². The van der Waals surface area contributed by atoms with Crippen LogP contribution in [0, 0.1) is 0 Å². The Labute approximate surface area is 138 Å². The molecule has 2 heterocycles. The fourth-order valence-electron chi connectivity index (χ4n) is 3.07. The SMILES string of the molecule is O=CN(CCCCCO[C@H]1CCS(=O)(=O)C1)[C@@H]1CCS(=O)(=O)C1. The Morgan fingerprint density at radius 2 is 1.65 bits per heavy atom. The van der Waals surface area contributed by atoms with Crippen LogP contribution in [0.3, 0.4) is 0 Å². The molecular weight excluding hydrogens is 342 g/mol. The molecule has 2 atom stereocenters. The summed E-state index contributed by atoms with van der Waals surface area (Å²) in [5.74, 6) is 0.587. The summed E-state index contributed by atoms with van der Waals surface area (Å²) in [6.07, 6.45) is 4.15. The molecule has 134 valence electrons. The number of sulfone groups is 2. The van der Waals surface area contributed by atoms with E-state index >= 15 is 0 Å². The van der Waals surface area contributed by atoms with E-state index in [0.717, 1.165) is 25.7 Å². The number of hydrogen-bond acceptors (Lipinski definition) is 6. The van der Waals surface area contributed by atoms with E-state index in [1.807, 2.05) is 0 Å². The van der Waals surface area contributed by atoms with Gasteiger partial charge in [-0.25, -0.2) is 16.8 Å². The summed E-state index contributed by atoms with van der Waals surface area (Å²) in [6.45, 7) is 1.08. The zero-order valence-electron chi connectivity index (χ0n) is 13.2. The molecule has 0 aromatic rings. The Kier molecular flexibility index (Phi) is 6.44. The maximum atomic E-state index is 11.4. The van der Waals surface area contributed by atoms with Crippen molar-refractivity contribution in [2.45, 2.75) is 44.2 Å². The minimum absolute atomic E-state index is 0.0744. The summed E-state index contributed by atoms with van der Waals surface area (Å²) < 4.78 is 51.0. The Balaban J connectivity index is 1.57. The fraction of sp³-hybridized carbons (Fsp3) is 0.929. The van der Waals surface area contributed by atoms with E-state index in [4.69, 9.17) is 4.74 Å². The van der Waals surface area contributed by atoms with Crippen LogP contribution in [0.1, 0.15) is 32.1 Å². The number of unbranched alkanes of at least 4 members (excludes halogenated alkanes) is 2. The maximum Gasteiger partial charge on any atom is 0.209 e. The van der Waals surface area contributed by atoms with Gasteiger partial charge < -0.3 is 9.64 Å². The van der Waals surface area contributed by atoms with Crippen LogP contribution in [0.2, 0.25) is 0 Å². The quantitative estimate of drug-likeness (QED) is 0.420. The molecule has 0 spiro atoms. The van der Waals surface area contributed by atoms with Crippen molar-refractivity contribution in [1.29, 1.82) is 0 Å². The van der Waals surface area contributed by atoms with Crippen LogP contribution in [0.4, 0.5) is 0 Å². The van der Waals surface area contributed by atoms with Gasteiger partial charge in [0, 0.05) is 19.2 Å². The van der Waals surface area contributed by atoms with Gasteiger partial charge in [-0.05, 0) is 32.1 Å². The lowest BCUT2D eigenvalue weighted by Crippen LogP contribution is -2.35. The molecule has 0 saturated carbocycles. The van der Waals surface area contributed by atoms with E-state index in [1.165, 1.54) is 0 Å². The highest BCUT2D eigenvalue weighted by atomic mass is 32.2. The number of carbonyl (C=O) groups is 1. The summed E-state index contributed by atoms with van der Waals surface area (Å²) in [7, 11) is -5.87. The molecule has 1 amide bonds. The minimum atomic E-state index is -2.98. The van der Waals surface area contributed by atoms with Crippen LogP contribution < -0.4 is 0 Å². The first-order valence-corrected chi connectivity index (χ1v) is 11.7. The van der Waals surface area contributed by atoms with Gasteiger partial charge in [0.15, 0.2) is 19.7 Å². The smallest absolute Gasteiger partial charge is 0.209 e. The van der Waals surface area contributed by atoms with Crippen molar-refractivity contribution in [3.63, 3.8) is 0 Å². The molecule has 2 aliphatic rings. The highest BCUT2D eigenvalue weighted by Gasteiger charge is 2.31. The lowest BCUT2D eigenvalue weighted by atomic mass is 10.2. The average molecular weight is 367 g/mol. The van der Waals surface area contributed by atoms with Gasteiger partial charge in [-0.3, -0.25) is 4.79 Å². The van der Waals surface area contributed by atoms with Gasteiger partial charge in [0.25, 0.3) is 0 Å². The van der Waals surface area contributed by atoms with Crippen molar-refractivity contribution in [3.05, 3.63) is 0 Å². The predicted molar refractivity (Wildman–Crippen MR) is 86.7 cm³/mol. The highest BCUT2D eigenvalue weighted by molar-refractivity contribution is 7.91. The molecule has 2 rings (SSSR count). The molecule has 2 fully saturated rings. The van der Waals surface area contributed by atoms with Gasteiger partial charge in [0.2, 0.25) is 6.41 Å². The van der Waals surface area contributed by atoms with E-state index in [-0.39, 0.29) is 35.2 Å². The van der Waals surface area contributed by atoms with Crippen molar-refractivity contribution < 1.29 is 26.4 Å². The number of nitrogens with zero attached hydrogens (tertiary/aromatic N) is 1. The van der Waals surface area contributed by atoms with E-state index in [0.29, 0.717) is 26.0 Å². The first kappa shape index (κ1) is 18.7. The second-order valence-corrected chi connectivity index (χ2v) is 10.8. The zero-order valence-corrected chi connectivity index (χ0v) is 14.9. The van der Waals surface area contributed by atoms with Crippen LogP contribution in [-0.2, 0) is 29.2 Å². The summed E-state index contributed by atoms with van der Waals surface area (Å²) in [6, 6.07) is -0.183. The number of ether oxygens (including phenoxy) is 1. The second kappa shape index (κ2) is 7.94. The average Bonchev–Trinajstić information content (AvgIpc) is 3.00. The Bertz CT molecular complexity index is 601. The molecule has 9 heteroatoms. The number of carbonyl (C=O) groups excluding carboxylic acids is 1. The molecule has 0 unspecified atom stereocenters. The molecular formula is C14H25NO6S2. The molecule has 23 heavy (non-hydrogen) atoms. The van der Waals surface area contributed by atoms with Crippen LogP contribution in [0.15, 0.2) is 0 Å². The third kappa shape index (κ3) is 6.04. The number of rotatable bonds is 9. The minimum Gasteiger partial charge on any atom is -0.377 e. The van der Waals surface area contributed by atoms with E-state index in [9.17, 15) is 21.6 Å². The van der Waals surface area contributed by atoms with Gasteiger partial charge in [-0.2, -0.15) is 0 Å². The summed E-state index contributed by atoms with van der Waals surface area (Å²) >= 11 is 0. The number of amides is 1. The first-order valence-electron chi connectivity index (χ1n) is 8.05. The maximum absolute atomic E-state index is 11.4.